The number of anilines is 1. The molecule has 0 unspecified atom stereocenters. The molecule has 0 fully saturated rings. The van der Waals surface area contributed by atoms with Gasteiger partial charge in [-0.15, -0.1) is 0 Å². The van der Waals surface area contributed by atoms with Crippen LogP contribution in [0.1, 0.15) is 26.3 Å². The van der Waals surface area contributed by atoms with Crippen LogP contribution in [0, 0.1) is 0 Å². The molecule has 0 heterocycles. The quantitative estimate of drug-likeness (QED) is 0.273. The number of para-hydroxylation sites is 1. The Balaban J connectivity index is 1.45. The number of hydrogen-bond donors (Lipinski definition) is 5. The molecule has 0 aromatic heterocycles. The minimum atomic E-state index is -0.715. The molecule has 8 heteroatoms. The Bertz CT molecular complexity index is 1070. The summed E-state index contributed by atoms with van der Waals surface area (Å²) >= 11 is 0. The van der Waals surface area contributed by atoms with E-state index in [4.69, 9.17) is 4.74 Å². The van der Waals surface area contributed by atoms with Crippen LogP contribution in [0.25, 0.3) is 0 Å². The molecule has 2 amide bonds. The van der Waals surface area contributed by atoms with Crippen LogP contribution < -0.4 is 20.7 Å². The van der Waals surface area contributed by atoms with Gasteiger partial charge < -0.3 is 30.9 Å². The number of ether oxygens (including phenoxy) is 1. The highest BCUT2D eigenvalue weighted by Crippen LogP contribution is 2.14. The Kier molecular flexibility index (Phi) is 9.80. The van der Waals surface area contributed by atoms with Crippen LogP contribution >= 0.6 is 0 Å². The van der Waals surface area contributed by atoms with Gasteiger partial charge in [-0.1, -0.05) is 30.3 Å². The van der Waals surface area contributed by atoms with Gasteiger partial charge in [0.25, 0.3) is 11.8 Å². The topological polar surface area (TPSA) is 120 Å². The molecule has 0 saturated carbocycles. The van der Waals surface area contributed by atoms with Crippen LogP contribution in [0.2, 0.25) is 0 Å². The first-order valence-corrected chi connectivity index (χ1v) is 11.4. The summed E-state index contributed by atoms with van der Waals surface area (Å²) in [5.41, 5.74) is 2.54. The van der Waals surface area contributed by atoms with Gasteiger partial charge in [0, 0.05) is 36.4 Å². The molecule has 0 aliphatic carbocycles. The maximum atomic E-state index is 12.5. The van der Waals surface area contributed by atoms with Crippen molar-refractivity contribution in [3.63, 3.8) is 0 Å². The van der Waals surface area contributed by atoms with Crippen LogP contribution in [0.4, 0.5) is 5.69 Å². The second kappa shape index (κ2) is 13.2. The number of hydrogen-bond acceptors (Lipinski definition) is 6. The van der Waals surface area contributed by atoms with Gasteiger partial charge in [-0.05, 0) is 60.5 Å². The lowest BCUT2D eigenvalue weighted by atomic mass is 10.1. The number of benzene rings is 3. The monoisotopic (exact) mass is 477 g/mol. The number of aliphatic hydroxyl groups excluding tert-OH is 2. The zero-order chi connectivity index (χ0) is 25.0. The summed E-state index contributed by atoms with van der Waals surface area (Å²) in [5.74, 6) is 0.208. The predicted molar refractivity (Wildman–Crippen MR) is 135 cm³/mol. The van der Waals surface area contributed by atoms with E-state index in [1.165, 1.54) is 0 Å². The van der Waals surface area contributed by atoms with Gasteiger partial charge in [0.2, 0.25) is 0 Å². The molecule has 0 aliphatic heterocycles. The van der Waals surface area contributed by atoms with Crippen molar-refractivity contribution >= 4 is 17.5 Å². The predicted octanol–water partition coefficient (Wildman–Crippen LogP) is 2.23. The normalized spacial score (nSPS) is 12.4. The van der Waals surface area contributed by atoms with Gasteiger partial charge in [-0.2, -0.15) is 0 Å². The van der Waals surface area contributed by atoms with E-state index in [0.29, 0.717) is 29.0 Å². The zero-order valence-corrected chi connectivity index (χ0v) is 19.6. The van der Waals surface area contributed by atoms with E-state index < -0.39 is 6.10 Å². The number of aliphatic hydroxyl groups is 2. The molecule has 0 aliphatic rings. The Morgan fingerprint density at radius 1 is 0.886 bits per heavy atom. The molecule has 3 aromatic carbocycles. The number of nitrogens with one attached hydrogen (secondary N) is 3. The molecular formula is C27H31N3O5. The average molecular weight is 478 g/mol. The lowest BCUT2D eigenvalue weighted by Crippen LogP contribution is -2.41. The van der Waals surface area contributed by atoms with E-state index in [1.807, 2.05) is 42.5 Å². The molecule has 5 N–H and O–H groups in total. The molecule has 8 nitrogen and oxygen atoms in total. The standard InChI is InChI=1S/C27H31N3O5/c1-28-26(33)20-9-11-21(12-10-20)27(34)30-22-13-7-19(8-14-22)15-23(17-31)29-16-24(32)18-35-25-5-3-2-4-6-25/h2-14,23-24,29,31-32H,15-18H2,1H3,(H,28,33)(H,30,34)/t23-,24-/m0/s1. The Labute approximate surface area is 205 Å². The lowest BCUT2D eigenvalue weighted by Gasteiger charge is -2.19. The number of carbonyl (C=O) groups excluding carboxylic acids is 2. The van der Waals surface area contributed by atoms with E-state index in [1.54, 1.807) is 43.4 Å². The second-order valence-electron chi connectivity index (χ2n) is 8.08. The molecule has 0 spiro atoms. The summed E-state index contributed by atoms with van der Waals surface area (Å²) < 4.78 is 5.55. The molecule has 3 rings (SSSR count). The van der Waals surface area contributed by atoms with Crippen molar-refractivity contribution in [3.05, 3.63) is 95.6 Å². The first-order chi connectivity index (χ1) is 17.0. The summed E-state index contributed by atoms with van der Waals surface area (Å²) in [5, 5.41) is 28.4. The van der Waals surface area contributed by atoms with Gasteiger partial charge in [0.05, 0.1) is 6.61 Å². The third-order valence-corrected chi connectivity index (χ3v) is 5.38. The Hall–Kier alpha value is -3.72. The van der Waals surface area contributed by atoms with E-state index in [9.17, 15) is 19.8 Å². The van der Waals surface area contributed by atoms with Gasteiger partial charge in [-0.3, -0.25) is 9.59 Å². The van der Waals surface area contributed by atoms with E-state index in [2.05, 4.69) is 16.0 Å². The van der Waals surface area contributed by atoms with Gasteiger partial charge >= 0.3 is 0 Å². The van der Waals surface area contributed by atoms with Crippen molar-refractivity contribution in [2.75, 3.05) is 32.1 Å². The summed E-state index contributed by atoms with van der Waals surface area (Å²) in [7, 11) is 1.55. The Morgan fingerprint density at radius 3 is 2.11 bits per heavy atom. The average Bonchev–Trinajstić information content (AvgIpc) is 2.91. The van der Waals surface area contributed by atoms with Crippen LogP contribution in [-0.4, -0.2) is 61.0 Å². The zero-order valence-electron chi connectivity index (χ0n) is 19.6. The molecular weight excluding hydrogens is 446 g/mol. The first-order valence-electron chi connectivity index (χ1n) is 11.4. The molecule has 35 heavy (non-hydrogen) atoms. The maximum Gasteiger partial charge on any atom is 0.255 e. The maximum absolute atomic E-state index is 12.5. The van der Waals surface area contributed by atoms with Crippen molar-refractivity contribution in [2.45, 2.75) is 18.6 Å². The number of carbonyl (C=O) groups is 2. The van der Waals surface area contributed by atoms with E-state index in [-0.39, 0.29) is 37.6 Å². The summed E-state index contributed by atoms with van der Waals surface area (Å²) in [4.78, 5) is 24.1. The number of amides is 2. The van der Waals surface area contributed by atoms with Crippen molar-refractivity contribution in [1.29, 1.82) is 0 Å². The molecule has 2 atom stereocenters. The van der Waals surface area contributed by atoms with Crippen molar-refractivity contribution in [3.8, 4) is 5.75 Å². The first kappa shape index (κ1) is 25.9. The van der Waals surface area contributed by atoms with Gasteiger partial charge in [0.1, 0.15) is 18.5 Å². The summed E-state index contributed by atoms with van der Waals surface area (Å²) in [6, 6.07) is 22.8. The number of rotatable bonds is 12. The largest absolute Gasteiger partial charge is 0.491 e. The summed E-state index contributed by atoms with van der Waals surface area (Å²) in [6.07, 6.45) is -0.162. The van der Waals surface area contributed by atoms with E-state index >= 15 is 0 Å². The molecule has 184 valence electrons. The van der Waals surface area contributed by atoms with E-state index in [0.717, 1.165) is 5.56 Å². The SMILES string of the molecule is CNC(=O)c1ccc(C(=O)Nc2ccc(C[C@@H](CO)NC[C@H](O)COc3ccccc3)cc2)cc1. The van der Waals surface area contributed by atoms with Crippen LogP contribution in [0.15, 0.2) is 78.9 Å². The highest BCUT2D eigenvalue weighted by molar-refractivity contribution is 6.05. The Morgan fingerprint density at radius 2 is 1.51 bits per heavy atom. The van der Waals surface area contributed by atoms with Gasteiger partial charge in [-0.25, -0.2) is 0 Å². The smallest absolute Gasteiger partial charge is 0.255 e. The second-order valence-corrected chi connectivity index (χ2v) is 8.08. The molecule has 3 aromatic rings. The minimum absolute atomic E-state index is 0.0865. The fourth-order valence-electron chi connectivity index (χ4n) is 3.40. The lowest BCUT2D eigenvalue weighted by molar-refractivity contribution is 0.0960. The van der Waals surface area contributed by atoms with Gasteiger partial charge in [0.15, 0.2) is 0 Å². The van der Waals surface area contributed by atoms with Crippen LogP contribution in [0.5, 0.6) is 5.75 Å². The van der Waals surface area contributed by atoms with Crippen molar-refractivity contribution in [1.82, 2.24) is 10.6 Å². The molecule has 0 saturated heterocycles. The highest BCUT2D eigenvalue weighted by Gasteiger charge is 2.13. The third-order valence-electron chi connectivity index (χ3n) is 5.38. The van der Waals surface area contributed by atoms with Crippen LogP contribution in [-0.2, 0) is 6.42 Å². The fourth-order valence-corrected chi connectivity index (χ4v) is 3.40. The minimum Gasteiger partial charge on any atom is -0.491 e. The highest BCUT2D eigenvalue weighted by atomic mass is 16.5. The fraction of sp³-hybridized carbons (Fsp3) is 0.259. The third kappa shape index (κ3) is 8.22. The molecule has 0 bridgehead atoms. The molecule has 0 radical (unpaired) electrons. The van der Waals surface area contributed by atoms with Crippen molar-refractivity contribution < 1.29 is 24.5 Å². The van der Waals surface area contributed by atoms with Crippen molar-refractivity contribution in [2.24, 2.45) is 0 Å². The summed E-state index contributed by atoms with van der Waals surface area (Å²) in [6.45, 7) is 0.347. The van der Waals surface area contributed by atoms with Crippen LogP contribution in [0.3, 0.4) is 0 Å².